The molecule has 0 radical (unpaired) electrons. The van der Waals surface area contributed by atoms with Crippen LogP contribution in [0, 0.1) is 0 Å². The summed E-state index contributed by atoms with van der Waals surface area (Å²) >= 11 is 0. The second kappa shape index (κ2) is 5.87. The third-order valence-electron chi connectivity index (χ3n) is 2.81. The maximum atomic E-state index is 9.88. The summed E-state index contributed by atoms with van der Waals surface area (Å²) in [5.41, 5.74) is 9.98. The SMILES string of the molecule is CC(C)(C)c1ccc(C(O)C(O)CN=[N+]=[N-])cc1. The Morgan fingerprint density at radius 3 is 2.22 bits per heavy atom. The molecule has 0 aromatic heterocycles. The van der Waals surface area contributed by atoms with Gasteiger partial charge in [-0.3, -0.25) is 0 Å². The summed E-state index contributed by atoms with van der Waals surface area (Å²) in [5.74, 6) is 0. The number of hydrogen-bond donors (Lipinski definition) is 2. The molecule has 0 heterocycles. The monoisotopic (exact) mass is 249 g/mol. The number of rotatable bonds is 4. The van der Waals surface area contributed by atoms with Crippen molar-refractivity contribution in [2.75, 3.05) is 6.54 Å². The molecule has 0 fully saturated rings. The highest BCUT2D eigenvalue weighted by atomic mass is 16.3. The normalized spacial score (nSPS) is 14.7. The van der Waals surface area contributed by atoms with Crippen LogP contribution in [-0.2, 0) is 5.41 Å². The summed E-state index contributed by atoms with van der Waals surface area (Å²) in [7, 11) is 0. The van der Waals surface area contributed by atoms with Crippen LogP contribution in [0.15, 0.2) is 29.4 Å². The number of benzene rings is 1. The Balaban J connectivity index is 2.81. The summed E-state index contributed by atoms with van der Waals surface area (Å²) in [5, 5.41) is 22.7. The summed E-state index contributed by atoms with van der Waals surface area (Å²) in [6.07, 6.45) is -2.12. The van der Waals surface area contributed by atoms with Gasteiger partial charge in [-0.25, -0.2) is 0 Å². The van der Waals surface area contributed by atoms with E-state index in [0.29, 0.717) is 5.56 Å². The second-order valence-corrected chi connectivity index (χ2v) is 5.30. The first kappa shape index (κ1) is 14.5. The van der Waals surface area contributed by atoms with Crippen LogP contribution in [0.25, 0.3) is 10.4 Å². The van der Waals surface area contributed by atoms with Gasteiger partial charge in [-0.1, -0.05) is 50.2 Å². The molecule has 2 atom stereocenters. The van der Waals surface area contributed by atoms with Crippen LogP contribution in [0.5, 0.6) is 0 Å². The lowest BCUT2D eigenvalue weighted by molar-refractivity contribution is 0.0244. The Bertz CT molecular complexity index is 431. The number of nitrogens with zero attached hydrogens (tertiary/aromatic N) is 3. The highest BCUT2D eigenvalue weighted by Crippen LogP contribution is 2.25. The van der Waals surface area contributed by atoms with Gasteiger partial charge in [0.25, 0.3) is 0 Å². The quantitative estimate of drug-likeness (QED) is 0.488. The molecule has 2 unspecified atom stereocenters. The van der Waals surface area contributed by atoms with Crippen molar-refractivity contribution in [2.45, 2.75) is 38.4 Å². The summed E-state index contributed by atoms with van der Waals surface area (Å²) in [4.78, 5) is 2.55. The van der Waals surface area contributed by atoms with Gasteiger partial charge in [-0.05, 0) is 22.1 Å². The number of hydrogen-bond acceptors (Lipinski definition) is 3. The molecule has 1 aromatic carbocycles. The Hall–Kier alpha value is -1.55. The first-order valence-corrected chi connectivity index (χ1v) is 5.83. The van der Waals surface area contributed by atoms with Crippen molar-refractivity contribution < 1.29 is 10.2 Å². The third kappa shape index (κ3) is 3.74. The Morgan fingerprint density at radius 1 is 1.22 bits per heavy atom. The van der Waals surface area contributed by atoms with E-state index in [1.807, 2.05) is 12.1 Å². The van der Waals surface area contributed by atoms with E-state index in [1.165, 1.54) is 0 Å². The van der Waals surface area contributed by atoms with Gasteiger partial charge in [0.05, 0.1) is 12.6 Å². The molecule has 0 saturated heterocycles. The maximum absolute atomic E-state index is 9.88. The smallest absolute Gasteiger partial charge is 0.105 e. The molecule has 0 aliphatic carbocycles. The highest BCUT2D eigenvalue weighted by Gasteiger charge is 2.19. The van der Waals surface area contributed by atoms with Gasteiger partial charge in [0.2, 0.25) is 0 Å². The fourth-order valence-corrected chi connectivity index (χ4v) is 1.62. The zero-order valence-corrected chi connectivity index (χ0v) is 10.9. The summed E-state index contributed by atoms with van der Waals surface area (Å²) in [6, 6.07) is 7.42. The van der Waals surface area contributed by atoms with Gasteiger partial charge in [-0.2, -0.15) is 0 Å². The Kier molecular flexibility index (Phi) is 4.73. The van der Waals surface area contributed by atoms with Gasteiger partial charge in [0, 0.05) is 4.91 Å². The van der Waals surface area contributed by atoms with E-state index in [-0.39, 0.29) is 12.0 Å². The van der Waals surface area contributed by atoms with Crippen molar-refractivity contribution in [2.24, 2.45) is 5.11 Å². The standard InChI is InChI=1S/C13H19N3O2/c1-13(2,3)10-6-4-9(5-7-10)12(18)11(17)8-15-16-14/h4-7,11-12,17-18H,8H2,1-3H3. The molecular weight excluding hydrogens is 230 g/mol. The fraction of sp³-hybridized carbons (Fsp3) is 0.538. The molecule has 98 valence electrons. The molecule has 5 nitrogen and oxygen atoms in total. The maximum Gasteiger partial charge on any atom is 0.105 e. The van der Waals surface area contributed by atoms with E-state index >= 15 is 0 Å². The van der Waals surface area contributed by atoms with E-state index in [4.69, 9.17) is 5.53 Å². The van der Waals surface area contributed by atoms with Crippen molar-refractivity contribution >= 4 is 0 Å². The molecule has 1 aromatic rings. The van der Waals surface area contributed by atoms with Gasteiger partial charge < -0.3 is 10.2 Å². The predicted octanol–water partition coefficient (Wildman–Crippen LogP) is 2.69. The molecule has 18 heavy (non-hydrogen) atoms. The van der Waals surface area contributed by atoms with Crippen molar-refractivity contribution in [1.29, 1.82) is 0 Å². The van der Waals surface area contributed by atoms with Crippen molar-refractivity contribution in [3.8, 4) is 0 Å². The van der Waals surface area contributed by atoms with Gasteiger partial charge >= 0.3 is 0 Å². The predicted molar refractivity (Wildman–Crippen MR) is 70.1 cm³/mol. The van der Waals surface area contributed by atoms with Gasteiger partial charge in [0.15, 0.2) is 0 Å². The van der Waals surface area contributed by atoms with E-state index in [0.717, 1.165) is 5.56 Å². The van der Waals surface area contributed by atoms with E-state index in [1.54, 1.807) is 12.1 Å². The van der Waals surface area contributed by atoms with Crippen molar-refractivity contribution in [1.82, 2.24) is 0 Å². The number of aliphatic hydroxyl groups is 2. The lowest BCUT2D eigenvalue weighted by atomic mass is 9.86. The minimum atomic E-state index is -1.08. The first-order chi connectivity index (χ1) is 8.36. The van der Waals surface area contributed by atoms with Crippen LogP contribution in [-0.4, -0.2) is 22.9 Å². The van der Waals surface area contributed by atoms with Gasteiger partial charge in [0.1, 0.15) is 6.10 Å². The third-order valence-corrected chi connectivity index (χ3v) is 2.81. The summed E-state index contributed by atoms with van der Waals surface area (Å²) < 4.78 is 0. The van der Waals surface area contributed by atoms with E-state index < -0.39 is 12.2 Å². The molecule has 0 bridgehead atoms. The first-order valence-electron chi connectivity index (χ1n) is 5.83. The largest absolute Gasteiger partial charge is 0.390 e. The Morgan fingerprint density at radius 2 is 1.78 bits per heavy atom. The van der Waals surface area contributed by atoms with E-state index in [2.05, 4.69) is 30.8 Å². The number of aliphatic hydroxyl groups excluding tert-OH is 2. The molecule has 0 amide bonds. The van der Waals surface area contributed by atoms with E-state index in [9.17, 15) is 10.2 Å². The average Bonchev–Trinajstić information content (AvgIpc) is 2.34. The van der Waals surface area contributed by atoms with Crippen molar-refractivity contribution in [3.63, 3.8) is 0 Å². The molecule has 0 aliphatic heterocycles. The molecule has 0 aliphatic rings. The number of azide groups is 1. The zero-order valence-electron chi connectivity index (χ0n) is 10.9. The zero-order chi connectivity index (χ0) is 13.8. The molecule has 2 N–H and O–H groups in total. The lowest BCUT2D eigenvalue weighted by Gasteiger charge is -2.21. The van der Waals surface area contributed by atoms with Crippen LogP contribution in [0.1, 0.15) is 38.0 Å². The molecule has 5 heteroatoms. The van der Waals surface area contributed by atoms with Crippen molar-refractivity contribution in [3.05, 3.63) is 45.8 Å². The van der Waals surface area contributed by atoms with Crippen LogP contribution >= 0.6 is 0 Å². The fourth-order valence-electron chi connectivity index (χ4n) is 1.62. The highest BCUT2D eigenvalue weighted by molar-refractivity contribution is 5.29. The van der Waals surface area contributed by atoms with Crippen LogP contribution in [0.4, 0.5) is 0 Å². The molecule has 0 saturated carbocycles. The topological polar surface area (TPSA) is 89.2 Å². The van der Waals surface area contributed by atoms with Crippen LogP contribution in [0.2, 0.25) is 0 Å². The molecular formula is C13H19N3O2. The second-order valence-electron chi connectivity index (χ2n) is 5.30. The Labute approximate surface area is 107 Å². The minimum Gasteiger partial charge on any atom is -0.390 e. The molecule has 1 rings (SSSR count). The minimum absolute atomic E-state index is 0.0488. The lowest BCUT2D eigenvalue weighted by Crippen LogP contribution is -2.21. The van der Waals surface area contributed by atoms with Crippen LogP contribution < -0.4 is 0 Å². The molecule has 0 spiro atoms. The summed E-state index contributed by atoms with van der Waals surface area (Å²) in [6.45, 7) is 6.18. The van der Waals surface area contributed by atoms with Gasteiger partial charge in [-0.15, -0.1) is 0 Å². The average molecular weight is 249 g/mol. The van der Waals surface area contributed by atoms with Crippen LogP contribution in [0.3, 0.4) is 0 Å².